The number of sulfonamides is 2. The molecule has 0 saturated heterocycles. The van der Waals surface area contributed by atoms with E-state index in [9.17, 15) is 69.6 Å². The Morgan fingerprint density at radius 1 is 0.739 bits per heavy atom. The molecule has 0 atom stereocenters. The molecule has 262 valence electrons. The number of halogens is 9. The van der Waals surface area contributed by atoms with E-state index in [1.54, 1.807) is 13.8 Å². The molecule has 4 aliphatic carbocycles. The maximum absolute atomic E-state index is 14.4. The molecule has 10 nitrogen and oxygen atoms in total. The quantitative estimate of drug-likeness (QED) is 0.185. The van der Waals surface area contributed by atoms with Crippen molar-refractivity contribution in [1.82, 2.24) is 4.13 Å². The Kier molecular flexibility index (Phi) is 8.60. The highest BCUT2D eigenvalue weighted by Crippen LogP contribution is 2.64. The second-order valence-corrected chi connectivity index (χ2v) is 17.5. The number of alkyl halides is 9. The highest BCUT2D eigenvalue weighted by atomic mass is 32.3. The zero-order valence-corrected chi connectivity index (χ0v) is 26.0. The summed E-state index contributed by atoms with van der Waals surface area (Å²) in [6.45, 7) is 3.49. The molecule has 4 bridgehead atoms. The molecule has 0 amide bonds. The minimum absolute atomic E-state index is 0.283. The number of esters is 1. The van der Waals surface area contributed by atoms with Crippen LogP contribution in [0.1, 0.15) is 62.7 Å². The average molecular weight is 740 g/mol. The molecule has 0 aromatic heterocycles. The minimum Gasteiger partial charge on any atom is -0.455 e. The molecule has 5 rings (SSSR count). The number of hydrogen-bond donors (Lipinski definition) is 1. The van der Waals surface area contributed by atoms with Gasteiger partial charge in [0.1, 0.15) is 11.4 Å². The molecule has 0 radical (unpaired) electrons. The molecular formula is C24H26F9NO9S3. The fourth-order valence-corrected chi connectivity index (χ4v) is 10.2. The maximum atomic E-state index is 14.4. The van der Waals surface area contributed by atoms with Gasteiger partial charge in [-0.15, -0.1) is 0 Å². The van der Waals surface area contributed by atoms with Gasteiger partial charge in [-0.25, -0.2) is 21.6 Å². The summed E-state index contributed by atoms with van der Waals surface area (Å²) >= 11 is 0. The Balaban J connectivity index is 1.50. The lowest BCUT2D eigenvalue weighted by Crippen LogP contribution is -2.64. The molecule has 4 aliphatic rings. The number of carbonyl (C=O) groups excluding carboxylic acids is 1. The number of carbonyl (C=O) groups is 1. The lowest BCUT2D eigenvalue weighted by molar-refractivity contribution is -0.245. The van der Waals surface area contributed by atoms with Gasteiger partial charge in [0.2, 0.25) is 0 Å². The van der Waals surface area contributed by atoms with E-state index in [1.807, 2.05) is 0 Å². The molecular weight excluding hydrogens is 713 g/mol. The Bertz CT molecular complexity index is 1670. The fraction of sp³-hybridized carbons (Fsp3) is 0.708. The van der Waals surface area contributed by atoms with Crippen molar-refractivity contribution in [3.63, 3.8) is 0 Å². The van der Waals surface area contributed by atoms with E-state index in [0.29, 0.717) is 29.9 Å². The van der Waals surface area contributed by atoms with Gasteiger partial charge in [0.15, 0.2) is 0 Å². The summed E-state index contributed by atoms with van der Waals surface area (Å²) in [5.74, 6) is -8.33. The molecule has 0 heterocycles. The van der Waals surface area contributed by atoms with Crippen LogP contribution in [0.25, 0.3) is 0 Å². The van der Waals surface area contributed by atoms with E-state index in [-0.39, 0.29) is 11.0 Å². The molecule has 0 unspecified atom stereocenters. The van der Waals surface area contributed by atoms with Crippen molar-refractivity contribution in [2.24, 2.45) is 23.2 Å². The van der Waals surface area contributed by atoms with Crippen LogP contribution in [0.4, 0.5) is 39.5 Å². The number of benzene rings is 1. The first-order chi connectivity index (χ1) is 20.5. The van der Waals surface area contributed by atoms with Crippen molar-refractivity contribution < 1.29 is 78.5 Å². The van der Waals surface area contributed by atoms with Crippen LogP contribution in [0.5, 0.6) is 5.75 Å². The number of rotatable bonds is 11. The number of ether oxygens (including phenoxy) is 1. The Hall–Kier alpha value is -2.33. The van der Waals surface area contributed by atoms with Gasteiger partial charge in [-0.1, -0.05) is 4.13 Å². The lowest BCUT2D eigenvalue weighted by Gasteiger charge is -2.61. The smallest absolute Gasteiger partial charge is 0.455 e. The molecule has 22 heteroatoms. The molecule has 1 aromatic rings. The molecule has 46 heavy (non-hydrogen) atoms. The van der Waals surface area contributed by atoms with Crippen LogP contribution in [0.3, 0.4) is 0 Å². The van der Waals surface area contributed by atoms with Crippen molar-refractivity contribution >= 4 is 36.1 Å². The molecule has 4 fully saturated rings. The third kappa shape index (κ3) is 5.84. The maximum Gasteiger partial charge on any atom is 0.512 e. The van der Waals surface area contributed by atoms with Gasteiger partial charge in [-0.2, -0.15) is 47.9 Å². The van der Waals surface area contributed by atoms with Crippen LogP contribution in [0.2, 0.25) is 0 Å². The van der Waals surface area contributed by atoms with E-state index in [0.717, 1.165) is 50.7 Å². The monoisotopic (exact) mass is 739 g/mol. The zero-order valence-electron chi connectivity index (χ0n) is 23.6. The normalized spacial score (nSPS) is 26.2. The predicted molar refractivity (Wildman–Crippen MR) is 138 cm³/mol. The predicted octanol–water partition coefficient (Wildman–Crippen LogP) is 5.14. The van der Waals surface area contributed by atoms with Crippen LogP contribution in [-0.4, -0.2) is 58.8 Å². The van der Waals surface area contributed by atoms with Gasteiger partial charge in [0.25, 0.3) is 10.0 Å². The summed E-state index contributed by atoms with van der Waals surface area (Å²) in [4.78, 5) is 12.9. The Morgan fingerprint density at radius 3 is 1.59 bits per heavy atom. The zero-order chi connectivity index (χ0) is 35.2. The van der Waals surface area contributed by atoms with E-state index in [1.165, 1.54) is 0 Å². The van der Waals surface area contributed by atoms with Gasteiger partial charge in [0, 0.05) is 5.41 Å². The second kappa shape index (κ2) is 10.8. The first-order valence-corrected chi connectivity index (χ1v) is 17.6. The summed E-state index contributed by atoms with van der Waals surface area (Å²) in [5.41, 5.74) is -8.24. The Labute approximate surface area is 257 Å². The SMILES string of the molecule is CC(C)(OC(=O)c1ccc(OS(=O)(=O)C(F)(F)C(F)(F)C(F)(F)S(=O)(=O)NS(=O)(=O)C(F)(F)F)cc1)C12CC3CC(CC(C3)C1)C2. The summed E-state index contributed by atoms with van der Waals surface area (Å²) in [7, 11) is -22.6. The molecule has 1 aromatic carbocycles. The largest absolute Gasteiger partial charge is 0.512 e. The lowest BCUT2D eigenvalue weighted by atomic mass is 9.46. The highest BCUT2D eigenvalue weighted by Gasteiger charge is 2.83. The van der Waals surface area contributed by atoms with Crippen LogP contribution < -0.4 is 8.31 Å². The summed E-state index contributed by atoms with van der Waals surface area (Å²) in [6, 6.07) is 2.49. The standard InChI is InChI=1S/C24H26F9NO9S3/c1-19(2,20-10-13-7-14(11-20)9-15(8-13)12-20)42-18(35)16-3-5-17(6-4-16)43-46(40,41)23(29,30)21(25,26)22(27,28)44(36,37)34-45(38,39)24(31,32)33/h3-6,13-15,34H,7-12H2,1-2H3. The highest BCUT2D eigenvalue weighted by molar-refractivity contribution is 8.05. The molecule has 1 N–H and O–H groups in total. The van der Waals surface area contributed by atoms with Crippen LogP contribution in [0.15, 0.2) is 24.3 Å². The van der Waals surface area contributed by atoms with Gasteiger partial charge >= 0.3 is 48.1 Å². The molecule has 0 spiro atoms. The first-order valence-electron chi connectivity index (χ1n) is 13.3. The first kappa shape index (κ1) is 36.5. The Morgan fingerprint density at radius 2 is 1.17 bits per heavy atom. The van der Waals surface area contributed by atoms with Gasteiger partial charge < -0.3 is 8.92 Å². The third-order valence-electron chi connectivity index (χ3n) is 8.87. The summed E-state index contributed by atoms with van der Waals surface area (Å²) < 4.78 is 200. The fourth-order valence-electron chi connectivity index (χ4n) is 6.81. The van der Waals surface area contributed by atoms with Crippen LogP contribution >= 0.6 is 0 Å². The van der Waals surface area contributed by atoms with Crippen molar-refractivity contribution in [3.05, 3.63) is 29.8 Å². The van der Waals surface area contributed by atoms with Crippen LogP contribution in [0, 0.1) is 23.2 Å². The van der Waals surface area contributed by atoms with Gasteiger partial charge in [-0.3, -0.25) is 0 Å². The molecule has 0 aliphatic heterocycles. The van der Waals surface area contributed by atoms with E-state index < -0.39 is 73.6 Å². The third-order valence-corrected chi connectivity index (χ3v) is 13.5. The van der Waals surface area contributed by atoms with E-state index in [2.05, 4.69) is 4.18 Å². The van der Waals surface area contributed by atoms with E-state index >= 15 is 0 Å². The molecule has 4 saturated carbocycles. The van der Waals surface area contributed by atoms with Crippen LogP contribution in [-0.2, 0) is 34.9 Å². The van der Waals surface area contributed by atoms with Crippen molar-refractivity contribution in [2.45, 2.75) is 79.9 Å². The topological polar surface area (TPSA) is 150 Å². The van der Waals surface area contributed by atoms with Crippen molar-refractivity contribution in [1.29, 1.82) is 0 Å². The summed E-state index contributed by atoms with van der Waals surface area (Å²) in [5, 5.41) is -14.7. The summed E-state index contributed by atoms with van der Waals surface area (Å²) in [6.07, 6.45) is 5.83. The van der Waals surface area contributed by atoms with Crippen molar-refractivity contribution in [2.75, 3.05) is 0 Å². The van der Waals surface area contributed by atoms with E-state index in [4.69, 9.17) is 4.74 Å². The number of nitrogens with one attached hydrogen (secondary N) is 1. The second-order valence-electron chi connectivity index (χ2n) is 12.3. The van der Waals surface area contributed by atoms with Gasteiger partial charge in [-0.05, 0) is 94.4 Å². The van der Waals surface area contributed by atoms with Crippen molar-refractivity contribution in [3.8, 4) is 5.75 Å². The number of hydrogen-bond acceptors (Lipinski definition) is 9. The minimum atomic E-state index is -7.91. The van der Waals surface area contributed by atoms with Gasteiger partial charge in [0.05, 0.1) is 5.56 Å². The average Bonchev–Trinajstić information content (AvgIpc) is 2.86.